The van der Waals surface area contributed by atoms with Crippen LogP contribution in [0.2, 0.25) is 0 Å². The van der Waals surface area contributed by atoms with Crippen LogP contribution in [-0.2, 0) is 0 Å². The van der Waals surface area contributed by atoms with E-state index in [0.717, 1.165) is 25.8 Å². The Morgan fingerprint density at radius 2 is 2.33 bits per heavy atom. The predicted octanol–water partition coefficient (Wildman–Crippen LogP) is 3.68. The van der Waals surface area contributed by atoms with Crippen molar-refractivity contribution in [3.05, 3.63) is 36.3 Å². The minimum absolute atomic E-state index is 0.358. The van der Waals surface area contributed by atoms with E-state index >= 15 is 0 Å². The fraction of sp³-hybridized carbons (Fsp3) is 0.538. The second kappa shape index (κ2) is 6.46. The van der Waals surface area contributed by atoms with Gasteiger partial charge in [-0.1, -0.05) is 26.0 Å². The van der Waals surface area contributed by atoms with Crippen LogP contribution in [0.5, 0.6) is 0 Å². The smallest absolute Gasteiger partial charge is 0.0950 e. The first-order chi connectivity index (χ1) is 7.27. The fourth-order valence-corrected chi connectivity index (χ4v) is 1.53. The van der Waals surface area contributed by atoms with Crippen LogP contribution >= 0.6 is 0 Å². The number of rotatable bonds is 7. The highest BCUT2D eigenvalue weighted by Crippen LogP contribution is 2.22. The molecule has 2 nitrogen and oxygen atoms in total. The SMILES string of the molecule is C=C(CC)CC(NCCC)c1ccoc1. The summed E-state index contributed by atoms with van der Waals surface area (Å²) in [4.78, 5) is 0. The Balaban J connectivity index is 2.57. The lowest BCUT2D eigenvalue weighted by molar-refractivity contribution is 0.508. The quantitative estimate of drug-likeness (QED) is 0.690. The fourth-order valence-electron chi connectivity index (χ4n) is 1.53. The van der Waals surface area contributed by atoms with E-state index in [0.29, 0.717) is 6.04 Å². The van der Waals surface area contributed by atoms with Gasteiger partial charge < -0.3 is 9.73 Å². The maximum atomic E-state index is 5.12. The Bertz CT molecular complexity index is 277. The van der Waals surface area contributed by atoms with Gasteiger partial charge in [-0.25, -0.2) is 0 Å². The van der Waals surface area contributed by atoms with Crippen LogP contribution in [0.15, 0.2) is 35.2 Å². The topological polar surface area (TPSA) is 25.2 Å². The van der Waals surface area contributed by atoms with Crippen molar-refractivity contribution >= 4 is 0 Å². The highest BCUT2D eigenvalue weighted by atomic mass is 16.3. The zero-order valence-corrected chi connectivity index (χ0v) is 9.75. The van der Waals surface area contributed by atoms with Crippen molar-refractivity contribution in [2.75, 3.05) is 6.54 Å². The Labute approximate surface area is 92.4 Å². The molecule has 2 heteroatoms. The molecular formula is C13H21NO. The van der Waals surface area contributed by atoms with E-state index in [-0.39, 0.29) is 0 Å². The lowest BCUT2D eigenvalue weighted by Crippen LogP contribution is -2.22. The molecule has 1 aromatic heterocycles. The summed E-state index contributed by atoms with van der Waals surface area (Å²) in [5, 5.41) is 3.52. The molecule has 15 heavy (non-hydrogen) atoms. The Morgan fingerprint density at radius 1 is 1.53 bits per heavy atom. The third kappa shape index (κ3) is 3.92. The summed E-state index contributed by atoms with van der Waals surface area (Å²) in [5.74, 6) is 0. The second-order valence-corrected chi connectivity index (χ2v) is 3.87. The molecule has 0 radical (unpaired) electrons. The molecule has 84 valence electrons. The Kier molecular flexibility index (Phi) is 5.19. The number of nitrogens with one attached hydrogen (secondary N) is 1. The van der Waals surface area contributed by atoms with Gasteiger partial charge in [-0.2, -0.15) is 0 Å². The average Bonchev–Trinajstić information content (AvgIpc) is 2.77. The molecule has 1 rings (SSSR count). The molecule has 0 aliphatic carbocycles. The van der Waals surface area contributed by atoms with Gasteiger partial charge in [-0.15, -0.1) is 0 Å². The van der Waals surface area contributed by atoms with Crippen LogP contribution in [0, 0.1) is 0 Å². The number of hydrogen-bond acceptors (Lipinski definition) is 2. The van der Waals surface area contributed by atoms with Crippen molar-refractivity contribution in [2.45, 2.75) is 39.2 Å². The highest BCUT2D eigenvalue weighted by Gasteiger charge is 2.12. The van der Waals surface area contributed by atoms with Gasteiger partial charge in [0.15, 0.2) is 0 Å². The average molecular weight is 207 g/mol. The maximum absolute atomic E-state index is 5.12. The Morgan fingerprint density at radius 3 is 2.87 bits per heavy atom. The molecule has 0 amide bonds. The van der Waals surface area contributed by atoms with Gasteiger partial charge in [0, 0.05) is 11.6 Å². The predicted molar refractivity (Wildman–Crippen MR) is 63.8 cm³/mol. The molecule has 0 aromatic carbocycles. The van der Waals surface area contributed by atoms with Crippen molar-refractivity contribution in [1.82, 2.24) is 5.32 Å². The van der Waals surface area contributed by atoms with Crippen molar-refractivity contribution < 1.29 is 4.42 Å². The van der Waals surface area contributed by atoms with Gasteiger partial charge in [0.25, 0.3) is 0 Å². The molecule has 0 fully saturated rings. The summed E-state index contributed by atoms with van der Waals surface area (Å²) in [5.41, 5.74) is 2.50. The van der Waals surface area contributed by atoms with Gasteiger partial charge >= 0.3 is 0 Å². The largest absolute Gasteiger partial charge is 0.472 e. The molecule has 0 saturated carbocycles. The first-order valence-corrected chi connectivity index (χ1v) is 5.70. The molecule has 1 unspecified atom stereocenters. The first-order valence-electron chi connectivity index (χ1n) is 5.70. The lowest BCUT2D eigenvalue weighted by atomic mass is 10.0. The van der Waals surface area contributed by atoms with Crippen LogP contribution in [0.25, 0.3) is 0 Å². The summed E-state index contributed by atoms with van der Waals surface area (Å²) >= 11 is 0. The molecule has 1 heterocycles. The van der Waals surface area contributed by atoms with E-state index < -0.39 is 0 Å². The molecule has 0 spiro atoms. The Hall–Kier alpha value is -1.02. The maximum Gasteiger partial charge on any atom is 0.0950 e. The first kappa shape index (κ1) is 12.1. The molecule has 0 aliphatic rings. The molecule has 0 bridgehead atoms. The molecular weight excluding hydrogens is 186 g/mol. The van der Waals surface area contributed by atoms with Crippen molar-refractivity contribution in [3.8, 4) is 0 Å². The molecule has 1 aromatic rings. The van der Waals surface area contributed by atoms with Gasteiger partial charge in [-0.05, 0) is 31.9 Å². The van der Waals surface area contributed by atoms with E-state index in [4.69, 9.17) is 4.42 Å². The third-order valence-corrected chi connectivity index (χ3v) is 2.58. The van der Waals surface area contributed by atoms with Gasteiger partial charge in [0.05, 0.1) is 12.5 Å². The summed E-state index contributed by atoms with van der Waals surface area (Å²) < 4.78 is 5.12. The van der Waals surface area contributed by atoms with Crippen LogP contribution in [-0.4, -0.2) is 6.54 Å². The number of furan rings is 1. The van der Waals surface area contributed by atoms with Crippen LogP contribution in [0.3, 0.4) is 0 Å². The van der Waals surface area contributed by atoms with Crippen LogP contribution in [0.1, 0.15) is 44.7 Å². The monoisotopic (exact) mass is 207 g/mol. The van der Waals surface area contributed by atoms with E-state index in [1.807, 2.05) is 12.3 Å². The van der Waals surface area contributed by atoms with E-state index in [9.17, 15) is 0 Å². The normalized spacial score (nSPS) is 12.7. The van der Waals surface area contributed by atoms with Gasteiger partial charge in [-0.3, -0.25) is 0 Å². The number of hydrogen-bond donors (Lipinski definition) is 1. The van der Waals surface area contributed by atoms with Gasteiger partial charge in [0.2, 0.25) is 0 Å². The minimum Gasteiger partial charge on any atom is -0.472 e. The van der Waals surface area contributed by atoms with E-state index in [2.05, 4.69) is 25.7 Å². The minimum atomic E-state index is 0.358. The van der Waals surface area contributed by atoms with Crippen LogP contribution < -0.4 is 5.32 Å². The van der Waals surface area contributed by atoms with E-state index in [1.165, 1.54) is 11.1 Å². The van der Waals surface area contributed by atoms with Crippen molar-refractivity contribution in [2.24, 2.45) is 0 Å². The van der Waals surface area contributed by atoms with Crippen molar-refractivity contribution in [1.29, 1.82) is 0 Å². The molecule has 0 saturated heterocycles. The van der Waals surface area contributed by atoms with E-state index in [1.54, 1.807) is 6.26 Å². The standard InChI is InChI=1S/C13H21NO/c1-4-7-14-13(9-11(3)5-2)12-6-8-15-10-12/h6,8,10,13-14H,3-5,7,9H2,1-2H3. The lowest BCUT2D eigenvalue weighted by Gasteiger charge is -2.17. The third-order valence-electron chi connectivity index (χ3n) is 2.58. The summed E-state index contributed by atoms with van der Waals surface area (Å²) in [6, 6.07) is 2.38. The highest BCUT2D eigenvalue weighted by molar-refractivity contribution is 5.14. The summed E-state index contributed by atoms with van der Waals surface area (Å²) in [6.45, 7) is 9.42. The van der Waals surface area contributed by atoms with Crippen molar-refractivity contribution in [3.63, 3.8) is 0 Å². The summed E-state index contributed by atoms with van der Waals surface area (Å²) in [6.07, 6.45) is 6.73. The molecule has 0 aliphatic heterocycles. The molecule has 1 atom stereocenters. The second-order valence-electron chi connectivity index (χ2n) is 3.87. The zero-order valence-electron chi connectivity index (χ0n) is 9.75. The zero-order chi connectivity index (χ0) is 11.1. The van der Waals surface area contributed by atoms with Crippen LogP contribution in [0.4, 0.5) is 0 Å². The summed E-state index contributed by atoms with van der Waals surface area (Å²) in [7, 11) is 0. The van der Waals surface area contributed by atoms with Gasteiger partial charge in [0.1, 0.15) is 0 Å². The molecule has 1 N–H and O–H groups in total.